The third-order valence-electron chi connectivity index (χ3n) is 4.98. The highest BCUT2D eigenvalue weighted by atomic mass is 32.1. The molecule has 10 heteroatoms. The number of anilines is 2. The normalized spacial score (nSPS) is 11.1. The van der Waals surface area contributed by atoms with E-state index in [0.29, 0.717) is 41.6 Å². The van der Waals surface area contributed by atoms with Crippen molar-refractivity contribution in [1.29, 1.82) is 0 Å². The smallest absolute Gasteiger partial charge is 0.198 e. The molecule has 0 atom stereocenters. The first-order valence-electron chi connectivity index (χ1n) is 10.5. The zero-order chi connectivity index (χ0) is 23.8. The van der Waals surface area contributed by atoms with Gasteiger partial charge in [-0.25, -0.2) is 0 Å². The number of aromatic hydroxyl groups is 1. The largest absolute Gasteiger partial charge is 0.508 e. The van der Waals surface area contributed by atoms with Crippen molar-refractivity contribution in [3.63, 3.8) is 0 Å². The van der Waals surface area contributed by atoms with E-state index in [2.05, 4.69) is 20.4 Å². The lowest BCUT2D eigenvalue weighted by atomic mass is 10.1. The maximum absolute atomic E-state index is 10.1. The highest BCUT2D eigenvalue weighted by Gasteiger charge is 2.06. The molecule has 0 saturated heterocycles. The van der Waals surface area contributed by atoms with Gasteiger partial charge in [-0.05, 0) is 79.0 Å². The van der Waals surface area contributed by atoms with Crippen molar-refractivity contribution >= 4 is 35.8 Å². The Balaban J connectivity index is 1.48. The van der Waals surface area contributed by atoms with Gasteiger partial charge >= 0.3 is 0 Å². The standard InChI is InChI=1S/C23H30N6O2S2/c1-27(2)11-5-6-17-14-19(9-10-21(17)30)28(3)12-13-31-16-24-18-7-4-8-20(15-18)29-22(32)25-26-23(29)33/h4-5,7-11,14-15,24,30H,6,12-13,16H2,1-3H3,(H,25,32)(H,26,33)/b11-5-. The molecule has 1 heterocycles. The summed E-state index contributed by atoms with van der Waals surface area (Å²) >= 11 is 10.5. The molecule has 0 spiro atoms. The van der Waals surface area contributed by atoms with Crippen molar-refractivity contribution < 1.29 is 9.84 Å². The van der Waals surface area contributed by atoms with E-state index in [0.717, 1.165) is 22.6 Å². The summed E-state index contributed by atoms with van der Waals surface area (Å²) in [6.07, 6.45) is 4.68. The number of aromatic nitrogens is 3. The van der Waals surface area contributed by atoms with Crippen LogP contribution >= 0.6 is 24.4 Å². The summed E-state index contributed by atoms with van der Waals surface area (Å²) in [5.74, 6) is 0.306. The van der Waals surface area contributed by atoms with Gasteiger partial charge in [-0.3, -0.25) is 14.8 Å². The van der Waals surface area contributed by atoms with Crippen LogP contribution in [0.5, 0.6) is 5.75 Å². The number of benzene rings is 2. The van der Waals surface area contributed by atoms with Crippen LogP contribution in [0.15, 0.2) is 54.7 Å². The SMILES string of the molecule is CN(C)/C=C\Cc1cc(N(C)CCOCNc2cccc(-n3c(=S)[nH][nH]c3=S)c2)ccc1O. The highest BCUT2D eigenvalue weighted by molar-refractivity contribution is 7.72. The molecule has 0 aliphatic heterocycles. The zero-order valence-corrected chi connectivity index (χ0v) is 20.7. The maximum atomic E-state index is 10.1. The van der Waals surface area contributed by atoms with E-state index in [1.54, 1.807) is 10.6 Å². The highest BCUT2D eigenvalue weighted by Crippen LogP contribution is 2.24. The number of ether oxygens (including phenoxy) is 1. The number of hydrogen-bond donors (Lipinski definition) is 4. The number of H-pyrrole nitrogens is 2. The Morgan fingerprint density at radius 2 is 1.85 bits per heavy atom. The topological polar surface area (TPSA) is 84.5 Å². The van der Waals surface area contributed by atoms with Gasteiger partial charge in [0.25, 0.3) is 0 Å². The summed E-state index contributed by atoms with van der Waals surface area (Å²) in [4.78, 5) is 4.08. The molecule has 176 valence electrons. The van der Waals surface area contributed by atoms with E-state index >= 15 is 0 Å². The molecule has 0 aliphatic rings. The minimum atomic E-state index is 0.306. The first-order valence-corrected chi connectivity index (χ1v) is 11.3. The third kappa shape index (κ3) is 6.95. The number of nitrogens with zero attached hydrogens (tertiary/aromatic N) is 3. The molecule has 2 aromatic carbocycles. The predicted octanol–water partition coefficient (Wildman–Crippen LogP) is 4.44. The Bertz CT molecular complexity index is 1170. The lowest BCUT2D eigenvalue weighted by Crippen LogP contribution is -2.23. The van der Waals surface area contributed by atoms with Crippen molar-refractivity contribution in [2.75, 3.05) is 51.2 Å². The molecule has 33 heavy (non-hydrogen) atoms. The van der Waals surface area contributed by atoms with E-state index in [-0.39, 0.29) is 0 Å². The van der Waals surface area contributed by atoms with E-state index in [1.807, 2.05) is 74.7 Å². The second kappa shape index (κ2) is 11.7. The van der Waals surface area contributed by atoms with Gasteiger partial charge < -0.3 is 25.0 Å². The monoisotopic (exact) mass is 486 g/mol. The number of likely N-dealkylation sites (N-methyl/N-ethyl adjacent to an activating group) is 1. The number of phenols is 1. The Labute approximate surface area is 204 Å². The van der Waals surface area contributed by atoms with Crippen molar-refractivity contribution in [2.24, 2.45) is 0 Å². The van der Waals surface area contributed by atoms with E-state index in [1.165, 1.54) is 0 Å². The summed E-state index contributed by atoms with van der Waals surface area (Å²) < 4.78 is 8.56. The number of hydrogen-bond acceptors (Lipinski definition) is 7. The zero-order valence-electron chi connectivity index (χ0n) is 19.0. The number of rotatable bonds is 11. The fraction of sp³-hybridized carbons (Fsp3) is 0.304. The van der Waals surface area contributed by atoms with Gasteiger partial charge in [0.1, 0.15) is 12.5 Å². The van der Waals surface area contributed by atoms with Crippen molar-refractivity contribution in [3.8, 4) is 11.4 Å². The lowest BCUT2D eigenvalue weighted by Gasteiger charge is -2.20. The van der Waals surface area contributed by atoms with Crippen LogP contribution < -0.4 is 10.2 Å². The van der Waals surface area contributed by atoms with Crippen LogP contribution in [0.25, 0.3) is 5.69 Å². The molecular weight excluding hydrogens is 456 g/mol. The van der Waals surface area contributed by atoms with Gasteiger partial charge in [-0.1, -0.05) is 12.1 Å². The van der Waals surface area contributed by atoms with Crippen LogP contribution in [0.2, 0.25) is 0 Å². The van der Waals surface area contributed by atoms with Gasteiger partial charge in [-0.2, -0.15) is 0 Å². The number of phenolic OH excluding ortho intramolecular Hbond substituents is 1. The summed E-state index contributed by atoms with van der Waals surface area (Å²) in [5, 5.41) is 19.1. The Kier molecular flexibility index (Phi) is 8.70. The molecule has 3 aromatic rings. The average Bonchev–Trinajstić information content (AvgIpc) is 3.12. The minimum absolute atomic E-state index is 0.306. The quantitative estimate of drug-likeness (QED) is 0.181. The van der Waals surface area contributed by atoms with Crippen molar-refractivity contribution in [3.05, 3.63) is 69.8 Å². The van der Waals surface area contributed by atoms with Crippen LogP contribution in [-0.2, 0) is 11.2 Å². The molecule has 0 aliphatic carbocycles. The van der Waals surface area contributed by atoms with Crippen molar-refractivity contribution in [2.45, 2.75) is 6.42 Å². The Morgan fingerprint density at radius 1 is 1.09 bits per heavy atom. The summed E-state index contributed by atoms with van der Waals surface area (Å²) in [5.41, 5.74) is 3.70. The lowest BCUT2D eigenvalue weighted by molar-refractivity contribution is 0.159. The number of allylic oxidation sites excluding steroid dienone is 1. The van der Waals surface area contributed by atoms with Gasteiger partial charge in [-0.15, -0.1) is 0 Å². The molecule has 0 bridgehead atoms. The van der Waals surface area contributed by atoms with Crippen LogP contribution in [0.4, 0.5) is 11.4 Å². The Hall–Kier alpha value is -3.08. The molecular formula is C23H30N6O2S2. The molecule has 0 saturated carbocycles. The Morgan fingerprint density at radius 3 is 2.58 bits per heavy atom. The first-order chi connectivity index (χ1) is 15.8. The van der Waals surface area contributed by atoms with E-state index in [9.17, 15) is 5.11 Å². The molecule has 0 fully saturated rings. The molecule has 0 amide bonds. The van der Waals surface area contributed by atoms with Crippen molar-refractivity contribution in [1.82, 2.24) is 19.7 Å². The third-order valence-corrected chi connectivity index (χ3v) is 5.55. The summed E-state index contributed by atoms with van der Waals surface area (Å²) in [6.45, 7) is 1.64. The second-order valence-electron chi connectivity index (χ2n) is 7.76. The fourth-order valence-corrected chi connectivity index (χ4v) is 3.75. The molecule has 1 aromatic heterocycles. The number of aromatic amines is 2. The van der Waals surface area contributed by atoms with Crippen LogP contribution in [0, 0.1) is 9.54 Å². The van der Waals surface area contributed by atoms with E-state index in [4.69, 9.17) is 29.2 Å². The molecule has 0 unspecified atom stereocenters. The molecule has 3 rings (SSSR count). The summed E-state index contributed by atoms with van der Waals surface area (Å²) in [7, 11) is 5.95. The second-order valence-corrected chi connectivity index (χ2v) is 8.54. The average molecular weight is 487 g/mol. The van der Waals surface area contributed by atoms with Gasteiger partial charge in [0.15, 0.2) is 9.54 Å². The fourth-order valence-electron chi connectivity index (χ4n) is 3.20. The molecule has 8 nitrogen and oxygen atoms in total. The van der Waals surface area contributed by atoms with Crippen LogP contribution in [0.3, 0.4) is 0 Å². The van der Waals surface area contributed by atoms with Crippen LogP contribution in [0.1, 0.15) is 5.56 Å². The van der Waals surface area contributed by atoms with E-state index < -0.39 is 0 Å². The maximum Gasteiger partial charge on any atom is 0.198 e. The van der Waals surface area contributed by atoms with Gasteiger partial charge in [0, 0.05) is 39.1 Å². The van der Waals surface area contributed by atoms with Crippen LogP contribution in [-0.4, -0.2) is 65.8 Å². The first kappa shape index (κ1) is 24.6. The molecule has 0 radical (unpaired) electrons. The minimum Gasteiger partial charge on any atom is -0.508 e. The number of nitrogens with one attached hydrogen (secondary N) is 3. The predicted molar refractivity (Wildman–Crippen MR) is 138 cm³/mol. The summed E-state index contributed by atoms with van der Waals surface area (Å²) in [6, 6.07) is 13.5. The van der Waals surface area contributed by atoms with Gasteiger partial charge in [0.2, 0.25) is 0 Å². The molecule has 4 N–H and O–H groups in total. The van der Waals surface area contributed by atoms with Gasteiger partial charge in [0.05, 0.1) is 12.3 Å².